The summed E-state index contributed by atoms with van der Waals surface area (Å²) in [7, 11) is 1.58. The summed E-state index contributed by atoms with van der Waals surface area (Å²) in [5.41, 5.74) is 1.61. The van der Waals surface area contributed by atoms with Crippen molar-refractivity contribution < 1.29 is 9.26 Å². The second-order valence-corrected chi connectivity index (χ2v) is 7.24. The number of hydrogen-bond acceptors (Lipinski definition) is 5. The van der Waals surface area contributed by atoms with E-state index in [-0.39, 0.29) is 11.4 Å². The monoisotopic (exact) mass is 445 g/mol. The fourth-order valence-electron chi connectivity index (χ4n) is 2.83. The maximum atomic E-state index is 12.4. The number of rotatable bonds is 4. The van der Waals surface area contributed by atoms with Crippen molar-refractivity contribution in [1.29, 1.82) is 0 Å². The van der Waals surface area contributed by atoms with Crippen LogP contribution in [-0.4, -0.2) is 22.2 Å². The molecule has 4 rings (SSSR count). The molecule has 27 heavy (non-hydrogen) atoms. The number of pyridine rings is 1. The van der Waals surface area contributed by atoms with Gasteiger partial charge in [0.05, 0.1) is 19.1 Å². The molecule has 4 aromatic rings. The van der Waals surface area contributed by atoms with Crippen LogP contribution >= 0.6 is 27.5 Å². The van der Waals surface area contributed by atoms with Crippen molar-refractivity contribution in [2.75, 3.05) is 7.11 Å². The Kier molecular flexibility index (Phi) is 4.72. The summed E-state index contributed by atoms with van der Waals surface area (Å²) >= 11 is 9.49. The fourth-order valence-corrected chi connectivity index (χ4v) is 3.40. The number of benzene rings is 2. The number of fused-ring (bicyclic) bond motifs is 1. The Labute approximate surface area is 167 Å². The van der Waals surface area contributed by atoms with Gasteiger partial charge in [-0.2, -0.15) is 4.98 Å². The van der Waals surface area contributed by atoms with Gasteiger partial charge in [-0.25, -0.2) is 0 Å². The molecule has 0 amide bonds. The van der Waals surface area contributed by atoms with E-state index in [1.807, 2.05) is 18.2 Å². The summed E-state index contributed by atoms with van der Waals surface area (Å²) < 4.78 is 11.6. The Morgan fingerprint density at radius 2 is 2.07 bits per heavy atom. The van der Waals surface area contributed by atoms with Crippen molar-refractivity contribution in [3.05, 3.63) is 73.8 Å². The zero-order valence-electron chi connectivity index (χ0n) is 14.1. The van der Waals surface area contributed by atoms with E-state index >= 15 is 0 Å². The lowest BCUT2D eigenvalue weighted by atomic mass is 10.1. The average molecular weight is 447 g/mol. The molecule has 0 fully saturated rings. The Bertz CT molecular complexity index is 1200. The highest BCUT2D eigenvalue weighted by Gasteiger charge is 2.15. The van der Waals surface area contributed by atoms with Gasteiger partial charge in [-0.05, 0) is 42.5 Å². The van der Waals surface area contributed by atoms with Crippen molar-refractivity contribution in [3.63, 3.8) is 0 Å². The number of H-pyrrole nitrogens is 1. The van der Waals surface area contributed by atoms with Crippen LogP contribution in [0.2, 0.25) is 5.02 Å². The van der Waals surface area contributed by atoms with Crippen LogP contribution in [0.4, 0.5) is 0 Å². The minimum absolute atomic E-state index is 0.231. The summed E-state index contributed by atoms with van der Waals surface area (Å²) in [5.74, 6) is 1.26. The van der Waals surface area contributed by atoms with Crippen LogP contribution in [-0.2, 0) is 6.42 Å². The zero-order chi connectivity index (χ0) is 19.0. The molecule has 0 saturated heterocycles. The lowest BCUT2D eigenvalue weighted by Gasteiger charge is -2.06. The van der Waals surface area contributed by atoms with Gasteiger partial charge in [0.1, 0.15) is 5.75 Å². The normalized spacial score (nSPS) is 11.1. The van der Waals surface area contributed by atoms with Gasteiger partial charge in [0, 0.05) is 26.0 Å². The van der Waals surface area contributed by atoms with Gasteiger partial charge in [0.25, 0.3) is 5.56 Å². The van der Waals surface area contributed by atoms with Gasteiger partial charge < -0.3 is 14.2 Å². The minimum Gasteiger partial charge on any atom is -0.496 e. The van der Waals surface area contributed by atoms with Gasteiger partial charge in [-0.15, -0.1) is 0 Å². The lowest BCUT2D eigenvalue weighted by Crippen LogP contribution is -2.09. The standard InChI is InChI=1S/C19H13BrClN3O3/c1-26-16-5-3-13(21)7-11(16)9-17-23-18(24-27-17)14-8-10-6-12(20)2-4-15(10)22-19(14)25/h2-8H,9H2,1H3,(H,22,25). The van der Waals surface area contributed by atoms with Crippen molar-refractivity contribution in [2.45, 2.75) is 6.42 Å². The fraction of sp³-hybridized carbons (Fsp3) is 0.105. The summed E-state index contributed by atoms with van der Waals surface area (Å²) in [6.45, 7) is 0. The van der Waals surface area contributed by atoms with Crippen LogP contribution in [0, 0.1) is 0 Å². The van der Waals surface area contributed by atoms with Crippen molar-refractivity contribution in [1.82, 2.24) is 15.1 Å². The molecule has 2 aromatic heterocycles. The largest absolute Gasteiger partial charge is 0.496 e. The third-order valence-corrected chi connectivity index (χ3v) is 4.83. The van der Waals surface area contributed by atoms with Crippen LogP contribution < -0.4 is 10.3 Å². The Hall–Kier alpha value is -2.64. The molecule has 136 valence electrons. The number of aromatic amines is 1. The van der Waals surface area contributed by atoms with E-state index in [9.17, 15) is 4.79 Å². The molecule has 0 radical (unpaired) electrons. The average Bonchev–Trinajstić information content (AvgIpc) is 3.10. The Morgan fingerprint density at radius 3 is 2.89 bits per heavy atom. The first-order chi connectivity index (χ1) is 13.0. The predicted molar refractivity (Wildman–Crippen MR) is 106 cm³/mol. The molecule has 0 bridgehead atoms. The van der Waals surface area contributed by atoms with E-state index in [1.54, 1.807) is 31.4 Å². The van der Waals surface area contributed by atoms with Crippen molar-refractivity contribution >= 4 is 38.4 Å². The van der Waals surface area contributed by atoms with Crippen molar-refractivity contribution in [3.8, 4) is 17.1 Å². The van der Waals surface area contributed by atoms with Gasteiger partial charge in [0.2, 0.25) is 11.7 Å². The number of hydrogen-bond donors (Lipinski definition) is 1. The molecule has 2 heterocycles. The molecular formula is C19H13BrClN3O3. The number of nitrogens with one attached hydrogen (secondary N) is 1. The molecule has 6 nitrogen and oxygen atoms in total. The van der Waals surface area contributed by atoms with E-state index in [4.69, 9.17) is 20.9 Å². The number of ether oxygens (including phenoxy) is 1. The molecule has 0 aliphatic carbocycles. The molecule has 0 aliphatic heterocycles. The van der Waals surface area contributed by atoms with Gasteiger partial charge in [0.15, 0.2) is 0 Å². The summed E-state index contributed by atoms with van der Waals surface area (Å²) in [4.78, 5) is 19.6. The zero-order valence-corrected chi connectivity index (χ0v) is 16.5. The minimum atomic E-state index is -0.280. The van der Waals surface area contributed by atoms with Gasteiger partial charge in [-0.1, -0.05) is 32.7 Å². The van der Waals surface area contributed by atoms with Gasteiger partial charge in [-0.3, -0.25) is 4.79 Å². The van der Waals surface area contributed by atoms with Crippen LogP contribution in [0.3, 0.4) is 0 Å². The van der Waals surface area contributed by atoms with Crippen LogP contribution in [0.5, 0.6) is 5.75 Å². The van der Waals surface area contributed by atoms with Crippen LogP contribution in [0.15, 0.2) is 56.3 Å². The molecule has 2 aromatic carbocycles. The smallest absolute Gasteiger partial charge is 0.259 e. The van der Waals surface area contributed by atoms with Crippen molar-refractivity contribution in [2.24, 2.45) is 0 Å². The first-order valence-corrected chi connectivity index (χ1v) is 9.18. The number of methoxy groups -OCH3 is 1. The Balaban J connectivity index is 1.71. The molecule has 8 heteroatoms. The first kappa shape index (κ1) is 17.8. The molecular weight excluding hydrogens is 434 g/mol. The molecule has 0 spiro atoms. The SMILES string of the molecule is COc1ccc(Cl)cc1Cc1nc(-c2cc3cc(Br)ccc3[nH]c2=O)no1. The first-order valence-electron chi connectivity index (χ1n) is 8.01. The molecule has 0 atom stereocenters. The predicted octanol–water partition coefficient (Wildman–Crippen LogP) is 4.59. The van der Waals surface area contributed by atoms with Crippen LogP contribution in [0.1, 0.15) is 11.5 Å². The molecule has 0 aliphatic rings. The third-order valence-electron chi connectivity index (χ3n) is 4.10. The van der Waals surface area contributed by atoms with E-state index in [2.05, 4.69) is 31.1 Å². The quantitative estimate of drug-likeness (QED) is 0.496. The second kappa shape index (κ2) is 7.17. The lowest BCUT2D eigenvalue weighted by molar-refractivity contribution is 0.379. The maximum Gasteiger partial charge on any atom is 0.259 e. The summed E-state index contributed by atoms with van der Waals surface area (Å²) in [6, 6.07) is 12.7. The van der Waals surface area contributed by atoms with E-state index in [0.29, 0.717) is 28.6 Å². The second-order valence-electron chi connectivity index (χ2n) is 5.89. The van der Waals surface area contributed by atoms with E-state index in [0.717, 1.165) is 20.9 Å². The van der Waals surface area contributed by atoms with E-state index < -0.39 is 0 Å². The highest BCUT2D eigenvalue weighted by atomic mass is 79.9. The van der Waals surface area contributed by atoms with Gasteiger partial charge >= 0.3 is 0 Å². The Morgan fingerprint density at radius 1 is 1.22 bits per heavy atom. The van der Waals surface area contributed by atoms with Crippen LogP contribution in [0.25, 0.3) is 22.3 Å². The molecule has 0 saturated carbocycles. The number of nitrogens with zero attached hydrogens (tertiary/aromatic N) is 2. The maximum absolute atomic E-state index is 12.4. The highest BCUT2D eigenvalue weighted by Crippen LogP contribution is 2.26. The van der Waals surface area contributed by atoms with E-state index in [1.165, 1.54) is 0 Å². The summed E-state index contributed by atoms with van der Waals surface area (Å²) in [5, 5.41) is 5.41. The highest BCUT2D eigenvalue weighted by molar-refractivity contribution is 9.10. The topological polar surface area (TPSA) is 81.0 Å². The number of aromatic nitrogens is 3. The third kappa shape index (κ3) is 3.61. The molecule has 0 unspecified atom stereocenters. The molecule has 1 N–H and O–H groups in total. The number of halogens is 2. The summed E-state index contributed by atoms with van der Waals surface area (Å²) in [6.07, 6.45) is 0.341.